The highest BCUT2D eigenvalue weighted by molar-refractivity contribution is 6.01. The lowest BCUT2D eigenvalue weighted by Gasteiger charge is -2.34. The number of imide groups is 1. The summed E-state index contributed by atoms with van der Waals surface area (Å²) in [6.45, 7) is 1.35. The molecular formula is C12H22N4O2. The molecule has 0 spiro atoms. The summed E-state index contributed by atoms with van der Waals surface area (Å²) in [5, 5.41) is 2.53. The topological polar surface area (TPSA) is 78.7 Å². The van der Waals surface area contributed by atoms with Gasteiger partial charge in [0.05, 0.1) is 6.54 Å². The average molecular weight is 254 g/mol. The fraction of sp³-hybridized carbons (Fsp3) is 0.833. The summed E-state index contributed by atoms with van der Waals surface area (Å²) in [6, 6.07) is 0.616. The summed E-state index contributed by atoms with van der Waals surface area (Å²) in [4.78, 5) is 26.3. The van der Waals surface area contributed by atoms with Crippen LogP contribution in [0.3, 0.4) is 0 Å². The second kappa shape index (κ2) is 5.67. The second-order valence-electron chi connectivity index (χ2n) is 5.25. The van der Waals surface area contributed by atoms with E-state index in [-0.39, 0.29) is 18.5 Å². The third-order valence-corrected chi connectivity index (χ3v) is 3.98. The molecule has 0 aromatic rings. The van der Waals surface area contributed by atoms with Gasteiger partial charge in [-0.3, -0.25) is 9.69 Å². The van der Waals surface area contributed by atoms with Crippen LogP contribution in [0.4, 0.5) is 4.79 Å². The van der Waals surface area contributed by atoms with E-state index in [1.165, 1.54) is 4.90 Å². The number of urea groups is 1. The van der Waals surface area contributed by atoms with Gasteiger partial charge in [-0.2, -0.15) is 0 Å². The molecule has 1 saturated carbocycles. The van der Waals surface area contributed by atoms with Crippen LogP contribution in [0.15, 0.2) is 0 Å². The summed E-state index contributed by atoms with van der Waals surface area (Å²) in [7, 11) is 2.06. The molecule has 2 rings (SSSR count). The van der Waals surface area contributed by atoms with E-state index in [9.17, 15) is 9.59 Å². The Morgan fingerprint density at radius 1 is 1.33 bits per heavy atom. The van der Waals surface area contributed by atoms with Crippen molar-refractivity contribution in [1.29, 1.82) is 0 Å². The summed E-state index contributed by atoms with van der Waals surface area (Å²) >= 11 is 0. The quantitative estimate of drug-likeness (QED) is 0.678. The molecule has 0 radical (unpaired) electrons. The van der Waals surface area contributed by atoms with Crippen LogP contribution in [0, 0.1) is 0 Å². The Bertz CT molecular complexity index is 310. The smallest absolute Gasteiger partial charge is 0.324 e. The standard InChI is InChI=1S/C12H22N4O2/c1-15(10-4-2-9(13)3-5-10)6-7-16-11(17)8-14-12(16)18/h9-10H,2-8,13H2,1H3,(H,14,18). The lowest BCUT2D eigenvalue weighted by atomic mass is 9.91. The van der Waals surface area contributed by atoms with Gasteiger partial charge in [0, 0.05) is 25.2 Å². The van der Waals surface area contributed by atoms with Crippen molar-refractivity contribution in [2.45, 2.75) is 37.8 Å². The number of nitrogens with one attached hydrogen (secondary N) is 1. The molecule has 1 aliphatic heterocycles. The van der Waals surface area contributed by atoms with E-state index in [1.54, 1.807) is 0 Å². The minimum Gasteiger partial charge on any atom is -0.329 e. The Morgan fingerprint density at radius 3 is 2.56 bits per heavy atom. The van der Waals surface area contributed by atoms with Crippen LogP contribution < -0.4 is 11.1 Å². The highest BCUT2D eigenvalue weighted by Crippen LogP contribution is 2.20. The van der Waals surface area contributed by atoms with Crippen molar-refractivity contribution in [3.8, 4) is 0 Å². The number of likely N-dealkylation sites (N-methyl/N-ethyl adjacent to an activating group) is 1. The van der Waals surface area contributed by atoms with Gasteiger partial charge in [-0.05, 0) is 32.7 Å². The molecule has 6 heteroatoms. The fourth-order valence-corrected chi connectivity index (χ4v) is 2.66. The zero-order valence-electron chi connectivity index (χ0n) is 10.9. The van der Waals surface area contributed by atoms with Crippen LogP contribution in [0.1, 0.15) is 25.7 Å². The number of hydrogen-bond acceptors (Lipinski definition) is 4. The van der Waals surface area contributed by atoms with Crippen molar-refractivity contribution < 1.29 is 9.59 Å². The van der Waals surface area contributed by atoms with Crippen LogP contribution in [0.5, 0.6) is 0 Å². The van der Waals surface area contributed by atoms with E-state index in [0.29, 0.717) is 18.6 Å². The van der Waals surface area contributed by atoms with Gasteiger partial charge < -0.3 is 16.0 Å². The van der Waals surface area contributed by atoms with E-state index in [1.807, 2.05) is 0 Å². The van der Waals surface area contributed by atoms with Crippen molar-refractivity contribution in [3.63, 3.8) is 0 Å². The molecule has 1 heterocycles. The Labute approximate surface area is 107 Å². The van der Waals surface area contributed by atoms with E-state index in [4.69, 9.17) is 5.73 Å². The number of nitrogens with two attached hydrogens (primary N) is 1. The molecule has 6 nitrogen and oxygen atoms in total. The van der Waals surface area contributed by atoms with Crippen LogP contribution in [0.2, 0.25) is 0 Å². The minimum atomic E-state index is -0.265. The highest BCUT2D eigenvalue weighted by Gasteiger charge is 2.29. The maximum Gasteiger partial charge on any atom is 0.324 e. The zero-order chi connectivity index (χ0) is 13.1. The maximum absolute atomic E-state index is 11.4. The van der Waals surface area contributed by atoms with Crippen molar-refractivity contribution in [3.05, 3.63) is 0 Å². The minimum absolute atomic E-state index is 0.126. The predicted molar refractivity (Wildman–Crippen MR) is 68.0 cm³/mol. The molecule has 3 N–H and O–H groups in total. The first-order chi connectivity index (χ1) is 8.58. The molecule has 0 atom stereocenters. The summed E-state index contributed by atoms with van der Waals surface area (Å²) in [5.41, 5.74) is 5.88. The highest BCUT2D eigenvalue weighted by atomic mass is 16.2. The van der Waals surface area contributed by atoms with Gasteiger partial charge in [-0.1, -0.05) is 0 Å². The van der Waals surface area contributed by atoms with E-state index >= 15 is 0 Å². The first-order valence-electron chi connectivity index (χ1n) is 6.62. The summed E-state index contributed by atoms with van der Waals surface area (Å²) in [6.07, 6.45) is 4.35. The van der Waals surface area contributed by atoms with Crippen molar-refractivity contribution in [1.82, 2.24) is 15.1 Å². The number of rotatable bonds is 4. The van der Waals surface area contributed by atoms with Gasteiger partial charge in [0.1, 0.15) is 0 Å². The SMILES string of the molecule is CN(CCN1C(=O)CNC1=O)C1CCC(N)CC1. The van der Waals surface area contributed by atoms with Gasteiger partial charge in [0.15, 0.2) is 0 Å². The number of amides is 3. The molecule has 0 aromatic heterocycles. The monoisotopic (exact) mass is 254 g/mol. The average Bonchev–Trinajstić information content (AvgIpc) is 2.67. The molecule has 102 valence electrons. The zero-order valence-corrected chi connectivity index (χ0v) is 10.9. The summed E-state index contributed by atoms with van der Waals surface area (Å²) < 4.78 is 0. The molecule has 2 aliphatic rings. The molecule has 18 heavy (non-hydrogen) atoms. The van der Waals surface area contributed by atoms with Gasteiger partial charge in [0.25, 0.3) is 0 Å². The third-order valence-electron chi connectivity index (χ3n) is 3.98. The van der Waals surface area contributed by atoms with Crippen LogP contribution >= 0.6 is 0 Å². The van der Waals surface area contributed by atoms with Gasteiger partial charge >= 0.3 is 6.03 Å². The van der Waals surface area contributed by atoms with Gasteiger partial charge in [-0.25, -0.2) is 4.79 Å². The predicted octanol–water partition coefficient (Wildman–Crippen LogP) is -0.260. The molecule has 0 aromatic carbocycles. The normalized spacial score (nSPS) is 28.9. The van der Waals surface area contributed by atoms with Gasteiger partial charge in [0.2, 0.25) is 5.91 Å². The van der Waals surface area contributed by atoms with E-state index in [2.05, 4.69) is 17.3 Å². The molecule has 2 fully saturated rings. The maximum atomic E-state index is 11.4. The Kier molecular flexibility index (Phi) is 4.19. The first kappa shape index (κ1) is 13.3. The first-order valence-corrected chi connectivity index (χ1v) is 6.62. The lowest BCUT2D eigenvalue weighted by molar-refractivity contribution is -0.125. The number of carbonyl (C=O) groups excluding carboxylic acids is 2. The number of nitrogens with zero attached hydrogens (tertiary/aromatic N) is 2. The van der Waals surface area contributed by atoms with E-state index < -0.39 is 0 Å². The molecule has 3 amide bonds. The largest absolute Gasteiger partial charge is 0.329 e. The third kappa shape index (κ3) is 3.00. The van der Waals surface area contributed by atoms with Crippen LogP contribution in [-0.4, -0.2) is 60.5 Å². The Morgan fingerprint density at radius 2 is 2.00 bits per heavy atom. The van der Waals surface area contributed by atoms with E-state index in [0.717, 1.165) is 32.2 Å². The Hall–Kier alpha value is -1.14. The van der Waals surface area contributed by atoms with Crippen LogP contribution in [0.25, 0.3) is 0 Å². The van der Waals surface area contributed by atoms with Gasteiger partial charge in [-0.15, -0.1) is 0 Å². The molecule has 1 saturated heterocycles. The molecular weight excluding hydrogens is 232 g/mol. The van der Waals surface area contributed by atoms with Crippen molar-refractivity contribution in [2.24, 2.45) is 5.73 Å². The number of carbonyl (C=O) groups is 2. The Balaban J connectivity index is 1.76. The molecule has 0 unspecified atom stereocenters. The van der Waals surface area contributed by atoms with Crippen molar-refractivity contribution >= 4 is 11.9 Å². The molecule has 0 bridgehead atoms. The number of hydrogen-bond donors (Lipinski definition) is 2. The van der Waals surface area contributed by atoms with Crippen LogP contribution in [-0.2, 0) is 4.79 Å². The second-order valence-corrected chi connectivity index (χ2v) is 5.25. The molecule has 1 aliphatic carbocycles. The summed E-state index contributed by atoms with van der Waals surface area (Å²) in [5.74, 6) is -0.126. The van der Waals surface area contributed by atoms with Crippen molar-refractivity contribution in [2.75, 3.05) is 26.7 Å². The fourth-order valence-electron chi connectivity index (χ4n) is 2.66. The lowest BCUT2D eigenvalue weighted by Crippen LogP contribution is -2.43.